The van der Waals surface area contributed by atoms with Gasteiger partial charge in [-0.05, 0) is 49.9 Å². The quantitative estimate of drug-likeness (QED) is 0.718. The molecule has 0 unspecified atom stereocenters. The van der Waals surface area contributed by atoms with E-state index in [1.54, 1.807) is 0 Å². The molecular weight excluding hydrogens is 219 g/mol. The molecule has 0 saturated carbocycles. The molecule has 0 aromatic heterocycles. The van der Waals surface area contributed by atoms with Gasteiger partial charge < -0.3 is 12.3 Å². The van der Waals surface area contributed by atoms with E-state index in [9.17, 15) is 0 Å². The fraction of sp³-hybridized carbons (Fsp3) is 0.400. The van der Waals surface area contributed by atoms with Gasteiger partial charge in [-0.2, -0.15) is 0 Å². The molecule has 0 aliphatic rings. The molecule has 0 bridgehead atoms. The zero-order chi connectivity index (χ0) is 7.72. The number of rotatable bonds is 0. The summed E-state index contributed by atoms with van der Waals surface area (Å²) in [6, 6.07) is 4.48. The fourth-order valence-corrected chi connectivity index (χ4v) is 1.10. The molecule has 0 aliphatic carbocycles. The molecule has 14 heavy (non-hydrogen) atoms. The Morgan fingerprint density at radius 3 is 0.857 bits per heavy atom. The van der Waals surface area contributed by atoms with Gasteiger partial charge in [0.25, 0.3) is 0 Å². The first-order valence-corrected chi connectivity index (χ1v) is 3.65. The minimum atomic E-state index is 0. The van der Waals surface area contributed by atoms with Crippen molar-refractivity contribution in [1.82, 2.24) is 12.3 Å². The molecule has 0 amide bonds. The van der Waals surface area contributed by atoms with E-state index in [-0.39, 0.29) is 37.1 Å². The number of halogens is 2. The Labute approximate surface area is 99.5 Å². The zero-order valence-electron chi connectivity index (χ0n) is 9.39. The van der Waals surface area contributed by atoms with Gasteiger partial charge in [0.2, 0.25) is 0 Å². The van der Waals surface area contributed by atoms with Gasteiger partial charge in [-0.25, -0.2) is 0 Å². The Hall–Kier alpha value is -0.280. The Morgan fingerprint density at radius 2 is 0.714 bits per heavy atom. The minimum Gasteiger partial charge on any atom is -0.344 e. The van der Waals surface area contributed by atoms with Crippen molar-refractivity contribution in [3.63, 3.8) is 0 Å². The summed E-state index contributed by atoms with van der Waals surface area (Å²) in [4.78, 5) is 0. The summed E-state index contributed by atoms with van der Waals surface area (Å²) >= 11 is 0. The predicted molar refractivity (Wildman–Crippen MR) is 69.9 cm³/mol. The molecule has 4 heteroatoms. The molecule has 2 nitrogen and oxygen atoms in total. The molecule has 6 N–H and O–H groups in total. The van der Waals surface area contributed by atoms with Crippen molar-refractivity contribution in [2.75, 3.05) is 0 Å². The monoisotopic (exact) mass is 240 g/mol. The highest BCUT2D eigenvalue weighted by Gasteiger charge is 1.95. The van der Waals surface area contributed by atoms with E-state index in [2.05, 4.69) is 39.8 Å². The van der Waals surface area contributed by atoms with Gasteiger partial charge in [0.05, 0.1) is 0 Å². The van der Waals surface area contributed by atoms with Crippen LogP contribution in [0.15, 0.2) is 12.1 Å². The average molecular weight is 241 g/mol. The summed E-state index contributed by atoms with van der Waals surface area (Å²) in [5.74, 6) is 0. The molecule has 1 aromatic carbocycles. The molecule has 0 atom stereocenters. The van der Waals surface area contributed by atoms with Crippen LogP contribution in [0.1, 0.15) is 22.3 Å². The van der Waals surface area contributed by atoms with Gasteiger partial charge in [-0.3, -0.25) is 0 Å². The van der Waals surface area contributed by atoms with Crippen molar-refractivity contribution in [3.8, 4) is 0 Å². The number of benzene rings is 1. The van der Waals surface area contributed by atoms with Crippen LogP contribution < -0.4 is 12.3 Å². The van der Waals surface area contributed by atoms with Crippen LogP contribution in [-0.4, -0.2) is 0 Å². The van der Waals surface area contributed by atoms with Crippen LogP contribution in [0, 0.1) is 27.7 Å². The Morgan fingerprint density at radius 1 is 0.571 bits per heavy atom. The normalized spacial score (nSPS) is 7.14. The maximum Gasteiger partial charge on any atom is -0.0395 e. The molecule has 1 rings (SSSR count). The molecule has 0 fully saturated rings. The molecule has 0 heterocycles. The van der Waals surface area contributed by atoms with Gasteiger partial charge in [0.1, 0.15) is 0 Å². The lowest BCUT2D eigenvalue weighted by Gasteiger charge is -2.04. The summed E-state index contributed by atoms with van der Waals surface area (Å²) in [6.07, 6.45) is 0. The topological polar surface area (TPSA) is 70.0 Å². The van der Waals surface area contributed by atoms with E-state index in [0.717, 1.165) is 0 Å². The fourth-order valence-electron chi connectivity index (χ4n) is 1.10. The van der Waals surface area contributed by atoms with Crippen LogP contribution in [0.5, 0.6) is 0 Å². The SMILES string of the molecule is Cc1cc(C)c(C)cc1C.Cl.Cl.N.N. The maximum absolute atomic E-state index is 2.24. The largest absolute Gasteiger partial charge is 0.344 e. The number of hydrogen-bond donors (Lipinski definition) is 2. The van der Waals surface area contributed by atoms with E-state index in [1.165, 1.54) is 22.3 Å². The third kappa shape index (κ3) is 5.45. The van der Waals surface area contributed by atoms with Gasteiger partial charge in [0, 0.05) is 0 Å². The van der Waals surface area contributed by atoms with Gasteiger partial charge in [-0.1, -0.05) is 12.1 Å². The maximum atomic E-state index is 2.24. The second-order valence-corrected chi connectivity index (χ2v) is 3.02. The van der Waals surface area contributed by atoms with Gasteiger partial charge >= 0.3 is 0 Å². The lowest BCUT2D eigenvalue weighted by atomic mass is 10.0. The average Bonchev–Trinajstić information content (AvgIpc) is 1.84. The highest BCUT2D eigenvalue weighted by atomic mass is 35.5. The number of aryl methyl sites for hydroxylation is 4. The van der Waals surface area contributed by atoms with E-state index >= 15 is 0 Å². The van der Waals surface area contributed by atoms with E-state index in [1.807, 2.05) is 0 Å². The van der Waals surface area contributed by atoms with Crippen LogP contribution in [0.4, 0.5) is 0 Å². The van der Waals surface area contributed by atoms with Crippen molar-refractivity contribution in [2.45, 2.75) is 27.7 Å². The predicted octanol–water partition coefficient (Wildman–Crippen LogP) is 4.09. The molecule has 0 aliphatic heterocycles. The van der Waals surface area contributed by atoms with Crippen LogP contribution in [-0.2, 0) is 0 Å². The summed E-state index contributed by atoms with van der Waals surface area (Å²) in [6.45, 7) is 8.62. The Balaban J connectivity index is -0.000000125. The molecule has 1 aromatic rings. The Bertz CT molecular complexity index is 212. The summed E-state index contributed by atoms with van der Waals surface area (Å²) < 4.78 is 0. The van der Waals surface area contributed by atoms with Crippen molar-refractivity contribution >= 4 is 24.8 Å². The zero-order valence-corrected chi connectivity index (χ0v) is 11.0. The van der Waals surface area contributed by atoms with Crippen molar-refractivity contribution in [1.29, 1.82) is 0 Å². The summed E-state index contributed by atoms with van der Waals surface area (Å²) in [7, 11) is 0. The molecule has 0 spiro atoms. The van der Waals surface area contributed by atoms with Crippen molar-refractivity contribution in [2.24, 2.45) is 0 Å². The highest BCUT2D eigenvalue weighted by molar-refractivity contribution is 5.85. The summed E-state index contributed by atoms with van der Waals surface area (Å²) in [5.41, 5.74) is 5.57. The first-order chi connectivity index (χ1) is 4.61. The summed E-state index contributed by atoms with van der Waals surface area (Å²) in [5, 5.41) is 0. The third-order valence-electron chi connectivity index (χ3n) is 2.11. The van der Waals surface area contributed by atoms with E-state index in [4.69, 9.17) is 0 Å². The van der Waals surface area contributed by atoms with E-state index in [0.29, 0.717) is 0 Å². The van der Waals surface area contributed by atoms with E-state index < -0.39 is 0 Å². The third-order valence-corrected chi connectivity index (χ3v) is 2.11. The standard InChI is InChI=1S/C10H14.2ClH.2H3N/c1-7-5-9(3)10(4)6-8(7)2;;;;/h5-6H,1-4H3;2*1H;2*1H3. The van der Waals surface area contributed by atoms with Crippen LogP contribution in [0.2, 0.25) is 0 Å². The van der Waals surface area contributed by atoms with Crippen LogP contribution in [0.25, 0.3) is 0 Å². The first kappa shape index (κ1) is 23.5. The lowest BCUT2D eigenvalue weighted by Crippen LogP contribution is -1.86. The lowest BCUT2D eigenvalue weighted by molar-refractivity contribution is 1.24. The molecule has 86 valence electrons. The van der Waals surface area contributed by atoms with Crippen molar-refractivity contribution in [3.05, 3.63) is 34.4 Å². The second kappa shape index (κ2) is 9.28. The molecule has 0 radical (unpaired) electrons. The van der Waals surface area contributed by atoms with Crippen LogP contribution in [0.3, 0.4) is 0 Å². The van der Waals surface area contributed by atoms with Gasteiger partial charge in [0.15, 0.2) is 0 Å². The molecule has 0 saturated heterocycles. The Kier molecular flexibility index (Phi) is 15.6. The minimum absolute atomic E-state index is 0. The molecular formula is C10H22Cl2N2. The van der Waals surface area contributed by atoms with Crippen LogP contribution >= 0.6 is 24.8 Å². The van der Waals surface area contributed by atoms with Gasteiger partial charge in [-0.15, -0.1) is 24.8 Å². The van der Waals surface area contributed by atoms with Crippen molar-refractivity contribution < 1.29 is 0 Å². The second-order valence-electron chi connectivity index (χ2n) is 3.02. The number of hydrogen-bond acceptors (Lipinski definition) is 2. The smallest absolute Gasteiger partial charge is 0.0395 e. The highest BCUT2D eigenvalue weighted by Crippen LogP contribution is 2.13. The first-order valence-electron chi connectivity index (χ1n) is 3.65.